The molecule has 0 aliphatic carbocycles. The van der Waals surface area contributed by atoms with Gasteiger partial charge in [-0.3, -0.25) is 10.1 Å². The van der Waals surface area contributed by atoms with Gasteiger partial charge in [-0.25, -0.2) is 13.6 Å². The van der Waals surface area contributed by atoms with E-state index in [0.29, 0.717) is 17.2 Å². The second-order valence-corrected chi connectivity index (χ2v) is 7.11. The average molecular weight is 385 g/mol. The highest BCUT2D eigenvalue weighted by atomic mass is 32.2. The molecule has 0 amide bonds. The number of hydrogen-bond donors (Lipinski definition) is 2. The molecule has 0 atom stereocenters. The van der Waals surface area contributed by atoms with E-state index in [1.807, 2.05) is 30.3 Å². The highest BCUT2D eigenvalue weighted by Crippen LogP contribution is 2.31. The van der Waals surface area contributed by atoms with Crippen LogP contribution in [-0.2, 0) is 10.0 Å². The lowest BCUT2D eigenvalue weighted by Crippen LogP contribution is -2.12. The van der Waals surface area contributed by atoms with Gasteiger partial charge in [-0.2, -0.15) is 0 Å². The topological polar surface area (TPSA) is 125 Å². The summed E-state index contributed by atoms with van der Waals surface area (Å²) >= 11 is 0. The van der Waals surface area contributed by atoms with Crippen molar-refractivity contribution in [1.29, 1.82) is 0 Å². The van der Waals surface area contributed by atoms with E-state index in [0.717, 1.165) is 6.07 Å². The molecule has 3 rings (SSSR count). The highest BCUT2D eigenvalue weighted by Gasteiger charge is 2.19. The van der Waals surface area contributed by atoms with E-state index < -0.39 is 20.6 Å². The zero-order valence-electron chi connectivity index (χ0n) is 13.9. The lowest BCUT2D eigenvalue weighted by Gasteiger charge is -2.10. The number of benzene rings is 3. The molecule has 0 spiro atoms. The van der Waals surface area contributed by atoms with Crippen LogP contribution in [0.15, 0.2) is 77.7 Å². The first-order valence-corrected chi connectivity index (χ1v) is 9.29. The van der Waals surface area contributed by atoms with E-state index in [-0.39, 0.29) is 10.6 Å². The Balaban J connectivity index is 1.81. The lowest BCUT2D eigenvalue weighted by atomic mass is 10.2. The van der Waals surface area contributed by atoms with E-state index in [9.17, 15) is 18.5 Å². The van der Waals surface area contributed by atoms with Crippen molar-refractivity contribution in [2.75, 3.05) is 5.32 Å². The second-order valence-electron chi connectivity index (χ2n) is 5.55. The number of hydrogen-bond acceptors (Lipinski definition) is 6. The van der Waals surface area contributed by atoms with Gasteiger partial charge in [0.2, 0.25) is 10.0 Å². The standard InChI is InChI=1S/C18H15N3O5S/c19-27(24,25)16-10-11-17(18(12-16)21(22)23)20-13-6-8-15(9-7-13)26-14-4-2-1-3-5-14/h1-12,20H,(H2,19,24,25). The number of nitrogens with zero attached hydrogens (tertiary/aromatic N) is 1. The molecule has 0 aliphatic heterocycles. The second kappa shape index (κ2) is 7.44. The monoisotopic (exact) mass is 385 g/mol. The predicted molar refractivity (Wildman–Crippen MR) is 101 cm³/mol. The number of para-hydroxylation sites is 1. The molecule has 0 aliphatic rings. The third-order valence-electron chi connectivity index (χ3n) is 3.61. The van der Waals surface area contributed by atoms with Gasteiger partial charge in [0, 0.05) is 11.8 Å². The normalized spacial score (nSPS) is 11.0. The van der Waals surface area contributed by atoms with Crippen LogP contribution in [0.1, 0.15) is 0 Å². The largest absolute Gasteiger partial charge is 0.457 e. The van der Waals surface area contributed by atoms with E-state index in [2.05, 4.69) is 5.32 Å². The zero-order chi connectivity index (χ0) is 19.4. The fourth-order valence-electron chi connectivity index (χ4n) is 2.33. The Bertz CT molecular complexity index is 1070. The molecule has 0 unspecified atom stereocenters. The molecule has 0 heterocycles. The van der Waals surface area contributed by atoms with Crippen LogP contribution in [0.4, 0.5) is 17.1 Å². The molecule has 0 bridgehead atoms. The summed E-state index contributed by atoms with van der Waals surface area (Å²) in [5.41, 5.74) is 0.317. The van der Waals surface area contributed by atoms with Crippen molar-refractivity contribution in [2.24, 2.45) is 5.14 Å². The summed E-state index contributed by atoms with van der Waals surface area (Å²) in [4.78, 5) is 10.3. The Morgan fingerprint density at radius 2 is 1.56 bits per heavy atom. The van der Waals surface area contributed by atoms with Gasteiger partial charge < -0.3 is 10.1 Å². The highest BCUT2D eigenvalue weighted by molar-refractivity contribution is 7.89. The number of rotatable bonds is 6. The number of nitrogens with two attached hydrogens (primary N) is 1. The van der Waals surface area contributed by atoms with Gasteiger partial charge in [0.25, 0.3) is 5.69 Å². The van der Waals surface area contributed by atoms with E-state index in [1.165, 1.54) is 12.1 Å². The van der Waals surface area contributed by atoms with Crippen molar-refractivity contribution in [3.8, 4) is 11.5 Å². The molecule has 0 fully saturated rings. The molecule has 9 heteroatoms. The van der Waals surface area contributed by atoms with Crippen molar-refractivity contribution >= 4 is 27.1 Å². The number of nitrogens with one attached hydrogen (secondary N) is 1. The Morgan fingerprint density at radius 3 is 2.15 bits per heavy atom. The summed E-state index contributed by atoms with van der Waals surface area (Å²) in [6.45, 7) is 0. The van der Waals surface area contributed by atoms with Crippen molar-refractivity contribution in [3.63, 3.8) is 0 Å². The van der Waals surface area contributed by atoms with Crippen LogP contribution >= 0.6 is 0 Å². The summed E-state index contributed by atoms with van der Waals surface area (Å²) < 4.78 is 28.5. The van der Waals surface area contributed by atoms with Gasteiger partial charge in [-0.05, 0) is 48.5 Å². The summed E-state index contributed by atoms with van der Waals surface area (Å²) in [6, 6.07) is 19.5. The third kappa shape index (κ3) is 4.60. The van der Waals surface area contributed by atoms with Gasteiger partial charge in [0.15, 0.2) is 0 Å². The predicted octanol–water partition coefficient (Wildman–Crippen LogP) is 3.78. The molecule has 3 aromatic rings. The average Bonchev–Trinajstić information content (AvgIpc) is 2.63. The number of anilines is 2. The maximum absolute atomic E-state index is 11.4. The Morgan fingerprint density at radius 1 is 0.926 bits per heavy atom. The fourth-order valence-corrected chi connectivity index (χ4v) is 2.87. The van der Waals surface area contributed by atoms with Crippen molar-refractivity contribution < 1.29 is 18.1 Å². The van der Waals surface area contributed by atoms with Gasteiger partial charge in [-0.1, -0.05) is 18.2 Å². The molecule has 0 radical (unpaired) electrons. The van der Waals surface area contributed by atoms with Crippen LogP contribution in [-0.4, -0.2) is 13.3 Å². The molecule has 27 heavy (non-hydrogen) atoms. The molecule has 0 saturated heterocycles. The third-order valence-corrected chi connectivity index (χ3v) is 4.52. The molecule has 0 aromatic heterocycles. The molecular weight excluding hydrogens is 370 g/mol. The number of sulfonamides is 1. The van der Waals surface area contributed by atoms with Gasteiger partial charge >= 0.3 is 0 Å². The van der Waals surface area contributed by atoms with Crippen LogP contribution in [0.5, 0.6) is 11.5 Å². The van der Waals surface area contributed by atoms with E-state index in [4.69, 9.17) is 9.88 Å². The SMILES string of the molecule is NS(=O)(=O)c1ccc(Nc2ccc(Oc3ccccc3)cc2)c([N+](=O)[O-])c1. The molecular formula is C18H15N3O5S. The van der Waals surface area contributed by atoms with Gasteiger partial charge in [-0.15, -0.1) is 0 Å². The number of primary sulfonamides is 1. The summed E-state index contributed by atoms with van der Waals surface area (Å²) in [6.07, 6.45) is 0. The Kier molecular flexibility index (Phi) is 5.06. The first-order chi connectivity index (χ1) is 12.8. The van der Waals surface area contributed by atoms with Gasteiger partial charge in [0.1, 0.15) is 17.2 Å². The maximum atomic E-state index is 11.4. The fraction of sp³-hybridized carbons (Fsp3) is 0. The molecule has 0 saturated carbocycles. The minimum atomic E-state index is -4.03. The Hall–Kier alpha value is -3.43. The molecule has 3 aromatic carbocycles. The molecule has 8 nitrogen and oxygen atoms in total. The minimum absolute atomic E-state index is 0.143. The van der Waals surface area contributed by atoms with E-state index in [1.54, 1.807) is 24.3 Å². The summed E-state index contributed by atoms with van der Waals surface area (Å²) in [5, 5.41) is 19.2. The zero-order valence-corrected chi connectivity index (χ0v) is 14.7. The van der Waals surface area contributed by atoms with Crippen molar-refractivity contribution in [1.82, 2.24) is 0 Å². The van der Waals surface area contributed by atoms with Gasteiger partial charge in [0.05, 0.1) is 9.82 Å². The Labute approximate surface area is 155 Å². The van der Waals surface area contributed by atoms with Crippen LogP contribution in [0.2, 0.25) is 0 Å². The number of nitro benzene ring substituents is 1. The van der Waals surface area contributed by atoms with Crippen LogP contribution < -0.4 is 15.2 Å². The van der Waals surface area contributed by atoms with E-state index >= 15 is 0 Å². The molecule has 3 N–H and O–H groups in total. The minimum Gasteiger partial charge on any atom is -0.457 e. The quantitative estimate of drug-likeness (QED) is 0.491. The number of ether oxygens (including phenoxy) is 1. The first kappa shape index (κ1) is 18.4. The van der Waals surface area contributed by atoms with Crippen LogP contribution in [0.3, 0.4) is 0 Å². The van der Waals surface area contributed by atoms with Crippen molar-refractivity contribution in [2.45, 2.75) is 4.90 Å². The first-order valence-electron chi connectivity index (χ1n) is 7.74. The summed E-state index contributed by atoms with van der Waals surface area (Å²) in [7, 11) is -4.03. The van der Waals surface area contributed by atoms with Crippen molar-refractivity contribution in [3.05, 3.63) is 82.9 Å². The van der Waals surface area contributed by atoms with Crippen LogP contribution in [0, 0.1) is 10.1 Å². The summed E-state index contributed by atoms with van der Waals surface area (Å²) in [5.74, 6) is 1.29. The molecule has 138 valence electrons. The lowest BCUT2D eigenvalue weighted by molar-refractivity contribution is -0.384. The number of nitro groups is 1. The maximum Gasteiger partial charge on any atom is 0.294 e. The van der Waals surface area contributed by atoms with Crippen LogP contribution in [0.25, 0.3) is 0 Å². The smallest absolute Gasteiger partial charge is 0.294 e.